The standard InChI is InChI=1S/C23H17BrClN3O4/c24-17-9-7-16(8-10-17)23(31)32-18-11-5-15(6-12-18)13-27-28-21(29)14-26-22(30)19-3-1-2-4-20(19)25/h1-13H,14H2,(H,26,30)(H,28,29). The zero-order valence-corrected chi connectivity index (χ0v) is 18.9. The summed E-state index contributed by atoms with van der Waals surface area (Å²) >= 11 is 9.26. The molecule has 0 aromatic heterocycles. The van der Waals surface area contributed by atoms with Gasteiger partial charge < -0.3 is 10.1 Å². The Kier molecular flexibility index (Phi) is 8.13. The van der Waals surface area contributed by atoms with Crippen LogP contribution in [-0.2, 0) is 4.79 Å². The summed E-state index contributed by atoms with van der Waals surface area (Å²) in [5.74, 6) is -1.05. The molecule has 2 amide bonds. The van der Waals surface area contributed by atoms with Gasteiger partial charge in [-0.15, -0.1) is 0 Å². The van der Waals surface area contributed by atoms with E-state index in [0.29, 0.717) is 21.9 Å². The second-order valence-electron chi connectivity index (χ2n) is 6.42. The largest absolute Gasteiger partial charge is 0.423 e. The molecular formula is C23H17BrClN3O4. The third-order valence-electron chi connectivity index (χ3n) is 4.10. The Hall–Kier alpha value is -3.49. The van der Waals surface area contributed by atoms with Gasteiger partial charge in [-0.2, -0.15) is 5.10 Å². The van der Waals surface area contributed by atoms with Gasteiger partial charge >= 0.3 is 5.97 Å². The van der Waals surface area contributed by atoms with Gasteiger partial charge in [-0.3, -0.25) is 9.59 Å². The summed E-state index contributed by atoms with van der Waals surface area (Å²) in [6.07, 6.45) is 1.42. The van der Waals surface area contributed by atoms with Gasteiger partial charge in [0.2, 0.25) is 0 Å². The van der Waals surface area contributed by atoms with E-state index < -0.39 is 17.8 Å². The zero-order chi connectivity index (χ0) is 22.9. The summed E-state index contributed by atoms with van der Waals surface area (Å²) < 4.78 is 6.19. The van der Waals surface area contributed by atoms with Crippen LogP contribution < -0.4 is 15.5 Å². The van der Waals surface area contributed by atoms with E-state index in [-0.39, 0.29) is 12.1 Å². The summed E-state index contributed by atoms with van der Waals surface area (Å²) in [4.78, 5) is 36.0. The molecule has 0 aliphatic heterocycles. The molecule has 3 aromatic carbocycles. The third kappa shape index (κ3) is 6.76. The van der Waals surface area contributed by atoms with Crippen LogP contribution >= 0.6 is 27.5 Å². The molecule has 0 atom stereocenters. The van der Waals surface area contributed by atoms with E-state index in [0.717, 1.165) is 4.47 Å². The van der Waals surface area contributed by atoms with E-state index in [2.05, 4.69) is 31.8 Å². The lowest BCUT2D eigenvalue weighted by atomic mass is 10.2. The number of hydrogen-bond acceptors (Lipinski definition) is 5. The quantitative estimate of drug-likeness (QED) is 0.214. The highest BCUT2D eigenvalue weighted by molar-refractivity contribution is 9.10. The van der Waals surface area contributed by atoms with Gasteiger partial charge in [-0.05, 0) is 66.2 Å². The van der Waals surface area contributed by atoms with Crippen molar-refractivity contribution < 1.29 is 19.1 Å². The predicted molar refractivity (Wildman–Crippen MR) is 125 cm³/mol. The fourth-order valence-corrected chi connectivity index (χ4v) is 2.98. The van der Waals surface area contributed by atoms with Gasteiger partial charge in [-0.25, -0.2) is 10.2 Å². The third-order valence-corrected chi connectivity index (χ3v) is 4.96. The number of nitrogens with zero attached hydrogens (tertiary/aromatic N) is 1. The first-order valence-corrected chi connectivity index (χ1v) is 10.5. The zero-order valence-electron chi connectivity index (χ0n) is 16.5. The Morgan fingerprint density at radius 1 is 0.969 bits per heavy atom. The number of esters is 1. The molecular weight excluding hydrogens is 498 g/mol. The van der Waals surface area contributed by atoms with Crippen molar-refractivity contribution in [3.05, 3.63) is 99.0 Å². The molecule has 0 aliphatic carbocycles. The number of halogens is 2. The highest BCUT2D eigenvalue weighted by Gasteiger charge is 2.11. The molecule has 0 aliphatic rings. The average molecular weight is 515 g/mol. The van der Waals surface area contributed by atoms with Crippen molar-refractivity contribution in [2.75, 3.05) is 6.54 Å². The summed E-state index contributed by atoms with van der Waals surface area (Å²) in [7, 11) is 0. The van der Waals surface area contributed by atoms with Crippen LogP contribution in [0.5, 0.6) is 5.75 Å². The number of hydrazone groups is 1. The van der Waals surface area contributed by atoms with Crippen molar-refractivity contribution in [1.82, 2.24) is 10.7 Å². The van der Waals surface area contributed by atoms with Crippen molar-refractivity contribution in [3.63, 3.8) is 0 Å². The first kappa shape index (κ1) is 23.2. The van der Waals surface area contributed by atoms with Gasteiger partial charge in [0.15, 0.2) is 0 Å². The van der Waals surface area contributed by atoms with Crippen LogP contribution in [0.15, 0.2) is 82.4 Å². The average Bonchev–Trinajstić information content (AvgIpc) is 2.79. The molecule has 0 saturated heterocycles. The molecule has 0 spiro atoms. The number of carbonyl (C=O) groups is 3. The number of amides is 2. The van der Waals surface area contributed by atoms with Gasteiger partial charge in [0.1, 0.15) is 5.75 Å². The second-order valence-corrected chi connectivity index (χ2v) is 7.74. The van der Waals surface area contributed by atoms with E-state index >= 15 is 0 Å². The van der Waals surface area contributed by atoms with Crippen LogP contribution in [0.4, 0.5) is 0 Å². The van der Waals surface area contributed by atoms with E-state index in [1.807, 2.05) is 0 Å². The molecule has 3 rings (SSSR count). The highest BCUT2D eigenvalue weighted by Crippen LogP contribution is 2.16. The van der Waals surface area contributed by atoms with Crippen LogP contribution in [0.2, 0.25) is 5.02 Å². The molecule has 0 fully saturated rings. The molecule has 32 heavy (non-hydrogen) atoms. The Morgan fingerprint density at radius 2 is 1.66 bits per heavy atom. The van der Waals surface area contributed by atoms with Crippen LogP contribution in [0, 0.1) is 0 Å². The Balaban J connectivity index is 1.45. The van der Waals surface area contributed by atoms with E-state index in [9.17, 15) is 14.4 Å². The van der Waals surface area contributed by atoms with Gasteiger partial charge in [-0.1, -0.05) is 39.7 Å². The molecule has 0 unspecified atom stereocenters. The number of hydrogen-bond donors (Lipinski definition) is 2. The molecule has 9 heteroatoms. The Labute approximate surface area is 197 Å². The summed E-state index contributed by atoms with van der Waals surface area (Å²) in [6.45, 7) is -0.258. The van der Waals surface area contributed by atoms with Crippen molar-refractivity contribution in [2.24, 2.45) is 5.10 Å². The Bertz CT molecular complexity index is 1150. The summed E-state index contributed by atoms with van der Waals surface area (Å²) in [5, 5.41) is 6.61. The molecule has 162 valence electrons. The lowest BCUT2D eigenvalue weighted by molar-refractivity contribution is -0.120. The normalized spacial score (nSPS) is 10.6. The maximum Gasteiger partial charge on any atom is 0.343 e. The summed E-state index contributed by atoms with van der Waals surface area (Å²) in [6, 6.07) is 20.0. The molecule has 0 radical (unpaired) electrons. The van der Waals surface area contributed by atoms with E-state index in [1.165, 1.54) is 6.21 Å². The number of carbonyl (C=O) groups excluding carboxylic acids is 3. The lowest BCUT2D eigenvalue weighted by Crippen LogP contribution is -2.35. The SMILES string of the molecule is O=C(CNC(=O)c1ccccc1Cl)NN=Cc1ccc(OC(=O)c2ccc(Br)cc2)cc1. The van der Waals surface area contributed by atoms with Gasteiger partial charge in [0.05, 0.1) is 28.9 Å². The molecule has 7 nitrogen and oxygen atoms in total. The minimum Gasteiger partial charge on any atom is -0.423 e. The maximum absolute atomic E-state index is 12.1. The lowest BCUT2D eigenvalue weighted by Gasteiger charge is -2.06. The van der Waals surface area contributed by atoms with E-state index in [1.54, 1.807) is 72.8 Å². The molecule has 0 saturated carbocycles. The van der Waals surface area contributed by atoms with Crippen LogP contribution in [-0.4, -0.2) is 30.5 Å². The predicted octanol–water partition coefficient (Wildman–Crippen LogP) is 4.20. The molecule has 2 N–H and O–H groups in total. The van der Waals surface area contributed by atoms with Crippen molar-refractivity contribution in [1.29, 1.82) is 0 Å². The van der Waals surface area contributed by atoms with Crippen molar-refractivity contribution >= 4 is 51.5 Å². The second kappa shape index (κ2) is 11.2. The molecule has 0 heterocycles. The monoisotopic (exact) mass is 513 g/mol. The number of rotatable bonds is 7. The van der Waals surface area contributed by atoms with E-state index in [4.69, 9.17) is 16.3 Å². The Morgan fingerprint density at radius 3 is 2.34 bits per heavy atom. The fourth-order valence-electron chi connectivity index (χ4n) is 2.49. The van der Waals surface area contributed by atoms with Crippen LogP contribution in [0.1, 0.15) is 26.3 Å². The first-order valence-electron chi connectivity index (χ1n) is 9.35. The fraction of sp³-hybridized carbons (Fsp3) is 0.0435. The van der Waals surface area contributed by atoms with Gasteiger partial charge in [0, 0.05) is 4.47 Å². The van der Waals surface area contributed by atoms with Gasteiger partial charge in [0.25, 0.3) is 11.8 Å². The van der Waals surface area contributed by atoms with Crippen molar-refractivity contribution in [2.45, 2.75) is 0 Å². The van der Waals surface area contributed by atoms with Crippen molar-refractivity contribution in [3.8, 4) is 5.75 Å². The number of nitrogens with one attached hydrogen (secondary N) is 2. The minimum atomic E-state index is -0.498. The minimum absolute atomic E-state index is 0.258. The maximum atomic E-state index is 12.1. The first-order chi connectivity index (χ1) is 15.4. The number of benzene rings is 3. The van der Waals surface area contributed by atoms with Crippen LogP contribution in [0.3, 0.4) is 0 Å². The van der Waals surface area contributed by atoms with Crippen LogP contribution in [0.25, 0.3) is 0 Å². The number of ether oxygens (including phenoxy) is 1. The topological polar surface area (TPSA) is 96.9 Å². The highest BCUT2D eigenvalue weighted by atomic mass is 79.9. The smallest absolute Gasteiger partial charge is 0.343 e. The molecule has 3 aromatic rings. The molecule has 0 bridgehead atoms. The summed E-state index contributed by atoms with van der Waals surface area (Å²) in [5.41, 5.74) is 3.71.